The predicted molar refractivity (Wildman–Crippen MR) is 99.6 cm³/mol. The first-order valence-corrected chi connectivity index (χ1v) is 8.37. The van der Waals surface area contributed by atoms with Gasteiger partial charge >= 0.3 is 0 Å². The summed E-state index contributed by atoms with van der Waals surface area (Å²) in [5, 5.41) is 3.89. The number of hydrogen-bond donors (Lipinski definition) is 0. The van der Waals surface area contributed by atoms with Crippen molar-refractivity contribution in [2.24, 2.45) is 0 Å². The van der Waals surface area contributed by atoms with Gasteiger partial charge in [0.25, 0.3) is 0 Å². The van der Waals surface area contributed by atoms with E-state index in [0.717, 1.165) is 35.9 Å². The zero-order valence-corrected chi connectivity index (χ0v) is 14.9. The molecular weight excluding hydrogens is 324 g/mol. The first-order valence-electron chi connectivity index (χ1n) is 8.37. The van der Waals surface area contributed by atoms with E-state index >= 15 is 0 Å². The van der Waals surface area contributed by atoms with Crippen LogP contribution in [0.25, 0.3) is 12.2 Å². The Morgan fingerprint density at radius 2 is 1.96 bits per heavy atom. The van der Waals surface area contributed by atoms with E-state index in [2.05, 4.69) is 16.1 Å². The maximum Gasteiger partial charge on any atom is 0.159 e. The normalized spacial score (nSPS) is 15.4. The van der Waals surface area contributed by atoms with Crippen LogP contribution in [0.4, 0.5) is 0 Å². The van der Waals surface area contributed by atoms with E-state index in [1.807, 2.05) is 43.3 Å². The minimum atomic E-state index is 0. The van der Waals surface area contributed by atoms with Gasteiger partial charge in [0.2, 0.25) is 0 Å². The summed E-state index contributed by atoms with van der Waals surface area (Å²) >= 11 is 0. The van der Waals surface area contributed by atoms with Gasteiger partial charge in [0.05, 0.1) is 5.69 Å². The van der Waals surface area contributed by atoms with Crippen molar-refractivity contribution in [2.45, 2.75) is 26.2 Å². The second kappa shape index (κ2) is 9.50. The number of hydrogen-bond acceptors (Lipinski definition) is 4. The molecule has 0 saturated carbocycles. The molecule has 0 aliphatic carbocycles. The summed E-state index contributed by atoms with van der Waals surface area (Å²) in [6.45, 7) is 6.05. The molecule has 0 amide bonds. The topological polar surface area (TPSA) is 38.5 Å². The van der Waals surface area contributed by atoms with Crippen LogP contribution < -0.4 is 4.74 Å². The molecular formula is C19H25ClN2O2. The molecule has 1 aliphatic heterocycles. The van der Waals surface area contributed by atoms with Crippen LogP contribution in [0.2, 0.25) is 0 Å². The number of rotatable bonds is 6. The number of halogens is 1. The van der Waals surface area contributed by atoms with Gasteiger partial charge in [0, 0.05) is 18.2 Å². The van der Waals surface area contributed by atoms with Crippen LogP contribution in [0.3, 0.4) is 0 Å². The van der Waals surface area contributed by atoms with Crippen LogP contribution in [0.15, 0.2) is 34.9 Å². The SMILES string of the molecule is Cc1cc(/C=C/c2ccccc2OCCN2CCCCC2)on1.Cl. The Hall–Kier alpha value is -1.78. The van der Waals surface area contributed by atoms with Crippen LogP contribution in [0.1, 0.15) is 36.3 Å². The van der Waals surface area contributed by atoms with Crippen LogP contribution in [-0.2, 0) is 0 Å². The van der Waals surface area contributed by atoms with Crippen LogP contribution >= 0.6 is 12.4 Å². The molecule has 2 heterocycles. The molecule has 0 bridgehead atoms. The first-order chi connectivity index (χ1) is 11.3. The summed E-state index contributed by atoms with van der Waals surface area (Å²) in [6.07, 6.45) is 7.93. The molecule has 1 fully saturated rings. The number of benzene rings is 1. The summed E-state index contributed by atoms with van der Waals surface area (Å²) in [7, 11) is 0. The first kappa shape index (κ1) is 18.6. The maximum absolute atomic E-state index is 5.99. The highest BCUT2D eigenvalue weighted by molar-refractivity contribution is 5.85. The second-order valence-corrected chi connectivity index (χ2v) is 5.99. The van der Waals surface area contributed by atoms with Crippen molar-refractivity contribution >= 4 is 24.6 Å². The molecule has 130 valence electrons. The number of ether oxygens (including phenoxy) is 1. The Morgan fingerprint density at radius 3 is 2.71 bits per heavy atom. The van der Waals surface area contributed by atoms with E-state index in [1.165, 1.54) is 32.4 Å². The van der Waals surface area contributed by atoms with Crippen molar-refractivity contribution < 1.29 is 9.26 Å². The van der Waals surface area contributed by atoms with Gasteiger partial charge in [-0.05, 0) is 51.1 Å². The Kier molecular flexibility index (Phi) is 7.35. The third kappa shape index (κ3) is 5.39. The van der Waals surface area contributed by atoms with Gasteiger partial charge in [0.1, 0.15) is 12.4 Å². The number of para-hydroxylation sites is 1. The lowest BCUT2D eigenvalue weighted by Crippen LogP contribution is -2.33. The highest BCUT2D eigenvalue weighted by Crippen LogP contribution is 2.21. The standard InChI is InChI=1S/C19H24N2O2.ClH/c1-16-15-18(23-20-16)10-9-17-7-3-4-8-19(17)22-14-13-21-11-5-2-6-12-21;/h3-4,7-10,15H,2,5-6,11-14H2,1H3;1H/b10-9+;. The summed E-state index contributed by atoms with van der Waals surface area (Å²) in [5.41, 5.74) is 1.94. The van der Waals surface area contributed by atoms with E-state index in [4.69, 9.17) is 9.26 Å². The number of aryl methyl sites for hydroxylation is 1. The second-order valence-electron chi connectivity index (χ2n) is 5.99. The van der Waals surface area contributed by atoms with Crippen LogP contribution in [0.5, 0.6) is 5.75 Å². The Labute approximate surface area is 149 Å². The Morgan fingerprint density at radius 1 is 1.17 bits per heavy atom. The number of piperidine rings is 1. The van der Waals surface area contributed by atoms with Crippen molar-refractivity contribution in [3.05, 3.63) is 47.3 Å². The molecule has 0 spiro atoms. The predicted octanol–water partition coefficient (Wildman–Crippen LogP) is 4.44. The maximum atomic E-state index is 5.99. The van der Waals surface area contributed by atoms with E-state index in [1.54, 1.807) is 0 Å². The molecule has 1 aliphatic rings. The molecule has 0 unspecified atom stereocenters. The zero-order chi connectivity index (χ0) is 15.9. The summed E-state index contributed by atoms with van der Waals surface area (Å²) in [6, 6.07) is 10.0. The Bertz CT molecular complexity index is 648. The molecule has 0 radical (unpaired) electrons. The highest BCUT2D eigenvalue weighted by Gasteiger charge is 2.10. The summed E-state index contributed by atoms with van der Waals surface area (Å²) in [4.78, 5) is 2.49. The molecule has 3 rings (SSSR count). The quantitative estimate of drug-likeness (QED) is 0.773. The van der Waals surface area contributed by atoms with Crippen molar-refractivity contribution in [3.63, 3.8) is 0 Å². The third-order valence-electron chi connectivity index (χ3n) is 4.11. The number of likely N-dealkylation sites (tertiary alicyclic amines) is 1. The van der Waals surface area contributed by atoms with Crippen molar-refractivity contribution in [3.8, 4) is 5.75 Å². The summed E-state index contributed by atoms with van der Waals surface area (Å²) in [5.74, 6) is 1.67. The van der Waals surface area contributed by atoms with Gasteiger partial charge in [-0.25, -0.2) is 0 Å². The molecule has 1 saturated heterocycles. The van der Waals surface area contributed by atoms with Crippen LogP contribution in [-0.4, -0.2) is 36.3 Å². The van der Waals surface area contributed by atoms with E-state index < -0.39 is 0 Å². The minimum Gasteiger partial charge on any atom is -0.492 e. The average Bonchev–Trinajstić information content (AvgIpc) is 3.00. The highest BCUT2D eigenvalue weighted by atomic mass is 35.5. The van der Waals surface area contributed by atoms with E-state index in [-0.39, 0.29) is 12.4 Å². The van der Waals surface area contributed by atoms with Crippen molar-refractivity contribution in [1.82, 2.24) is 10.1 Å². The Balaban J connectivity index is 0.00000208. The van der Waals surface area contributed by atoms with E-state index in [9.17, 15) is 0 Å². The average molecular weight is 349 g/mol. The lowest BCUT2D eigenvalue weighted by molar-refractivity contribution is 0.183. The largest absolute Gasteiger partial charge is 0.492 e. The molecule has 5 heteroatoms. The van der Waals surface area contributed by atoms with Crippen molar-refractivity contribution in [2.75, 3.05) is 26.2 Å². The van der Waals surface area contributed by atoms with Gasteiger partial charge < -0.3 is 9.26 Å². The smallest absolute Gasteiger partial charge is 0.159 e. The lowest BCUT2D eigenvalue weighted by atomic mass is 10.1. The number of nitrogens with zero attached hydrogens (tertiary/aromatic N) is 2. The fourth-order valence-corrected chi connectivity index (χ4v) is 2.85. The van der Waals surface area contributed by atoms with Crippen molar-refractivity contribution in [1.29, 1.82) is 0 Å². The van der Waals surface area contributed by atoms with Gasteiger partial charge in [-0.1, -0.05) is 29.8 Å². The monoisotopic (exact) mass is 348 g/mol. The molecule has 2 aromatic rings. The van der Waals surface area contributed by atoms with Gasteiger partial charge in [0.15, 0.2) is 5.76 Å². The molecule has 0 atom stereocenters. The fourth-order valence-electron chi connectivity index (χ4n) is 2.85. The molecule has 1 aromatic heterocycles. The fraction of sp³-hybridized carbons (Fsp3) is 0.421. The summed E-state index contributed by atoms with van der Waals surface area (Å²) < 4.78 is 11.2. The lowest BCUT2D eigenvalue weighted by Gasteiger charge is -2.26. The number of aromatic nitrogens is 1. The molecule has 1 aromatic carbocycles. The third-order valence-corrected chi connectivity index (χ3v) is 4.11. The molecule has 4 nitrogen and oxygen atoms in total. The van der Waals surface area contributed by atoms with Gasteiger partial charge in [-0.2, -0.15) is 0 Å². The molecule has 0 N–H and O–H groups in total. The van der Waals surface area contributed by atoms with Crippen LogP contribution in [0, 0.1) is 6.92 Å². The van der Waals surface area contributed by atoms with E-state index in [0.29, 0.717) is 0 Å². The van der Waals surface area contributed by atoms with Gasteiger partial charge in [-0.15, -0.1) is 12.4 Å². The van der Waals surface area contributed by atoms with Gasteiger partial charge in [-0.3, -0.25) is 4.90 Å². The molecule has 24 heavy (non-hydrogen) atoms. The zero-order valence-electron chi connectivity index (χ0n) is 14.1. The minimum absolute atomic E-state index is 0.